The maximum Gasteiger partial charge on any atom is 0.247 e. The molecule has 0 atom stereocenters. The van der Waals surface area contributed by atoms with Crippen LogP contribution in [0.4, 0.5) is 0 Å². The normalized spacial score (nSPS) is 19.4. The van der Waals surface area contributed by atoms with Crippen LogP contribution in [0.25, 0.3) is 0 Å². The van der Waals surface area contributed by atoms with Crippen molar-refractivity contribution in [2.45, 2.75) is 64.0 Å². The van der Waals surface area contributed by atoms with Crippen LogP contribution in [0.1, 0.15) is 52.4 Å². The van der Waals surface area contributed by atoms with Gasteiger partial charge in [-0.25, -0.2) is 0 Å². The highest BCUT2D eigenvalue weighted by atomic mass is 16.5. The molecule has 1 aliphatic carbocycles. The van der Waals surface area contributed by atoms with Crippen LogP contribution in [0.2, 0.25) is 0 Å². The largest absolute Gasteiger partial charge is 0.369 e. The Hall–Kier alpha value is -1.08. The quantitative estimate of drug-likeness (QED) is 0.763. The standard InChI is InChI=1S/C13H22N2O2/c1-11(2)17-9-12(16)15-13(10-14)7-5-3-4-6-8-13/h11H,3-9H2,1-2H3,(H,15,16). The van der Waals surface area contributed by atoms with E-state index in [-0.39, 0.29) is 18.6 Å². The second-order valence-corrected chi connectivity index (χ2v) is 5.02. The molecule has 1 N–H and O–H groups in total. The third-order valence-electron chi connectivity index (χ3n) is 3.10. The highest BCUT2D eigenvalue weighted by Crippen LogP contribution is 2.26. The molecular formula is C13H22N2O2. The topological polar surface area (TPSA) is 62.1 Å². The average Bonchev–Trinajstić information content (AvgIpc) is 2.53. The Morgan fingerprint density at radius 2 is 1.94 bits per heavy atom. The molecule has 0 aromatic heterocycles. The van der Waals surface area contributed by atoms with Crippen molar-refractivity contribution in [2.24, 2.45) is 0 Å². The molecule has 0 saturated heterocycles. The van der Waals surface area contributed by atoms with Crippen LogP contribution in [0, 0.1) is 11.3 Å². The number of rotatable bonds is 4. The highest BCUT2D eigenvalue weighted by Gasteiger charge is 2.32. The molecular weight excluding hydrogens is 216 g/mol. The maximum absolute atomic E-state index is 11.7. The number of nitrogens with zero attached hydrogens (tertiary/aromatic N) is 1. The van der Waals surface area contributed by atoms with Gasteiger partial charge >= 0.3 is 0 Å². The molecule has 17 heavy (non-hydrogen) atoms. The summed E-state index contributed by atoms with van der Waals surface area (Å²) in [5, 5.41) is 12.1. The van der Waals surface area contributed by atoms with E-state index in [2.05, 4.69) is 11.4 Å². The molecule has 4 heteroatoms. The fourth-order valence-corrected chi connectivity index (χ4v) is 2.14. The van der Waals surface area contributed by atoms with E-state index in [1.54, 1.807) is 0 Å². The first-order valence-electron chi connectivity index (χ1n) is 6.42. The molecule has 96 valence electrons. The number of nitriles is 1. The van der Waals surface area contributed by atoms with Gasteiger partial charge in [0, 0.05) is 0 Å². The molecule has 0 aromatic rings. The third kappa shape index (κ3) is 4.74. The molecule has 0 bridgehead atoms. The van der Waals surface area contributed by atoms with E-state index >= 15 is 0 Å². The van der Waals surface area contributed by atoms with Gasteiger partial charge in [0.1, 0.15) is 12.1 Å². The summed E-state index contributed by atoms with van der Waals surface area (Å²) >= 11 is 0. The second-order valence-electron chi connectivity index (χ2n) is 5.02. The predicted octanol–water partition coefficient (Wildman–Crippen LogP) is 2.14. The summed E-state index contributed by atoms with van der Waals surface area (Å²) in [7, 11) is 0. The highest BCUT2D eigenvalue weighted by molar-refractivity contribution is 5.78. The van der Waals surface area contributed by atoms with E-state index in [9.17, 15) is 10.1 Å². The fourth-order valence-electron chi connectivity index (χ4n) is 2.14. The monoisotopic (exact) mass is 238 g/mol. The van der Waals surface area contributed by atoms with Gasteiger partial charge in [-0.05, 0) is 26.7 Å². The van der Waals surface area contributed by atoms with Gasteiger partial charge in [0.05, 0.1) is 12.2 Å². The summed E-state index contributed by atoms with van der Waals surface area (Å²) in [6.45, 7) is 3.82. The lowest BCUT2D eigenvalue weighted by atomic mass is 9.92. The fraction of sp³-hybridized carbons (Fsp3) is 0.846. The Kier molecular flexibility index (Phi) is 5.43. The second kappa shape index (κ2) is 6.61. The van der Waals surface area contributed by atoms with Crippen molar-refractivity contribution in [2.75, 3.05) is 6.61 Å². The summed E-state index contributed by atoms with van der Waals surface area (Å²) in [6, 6.07) is 2.29. The molecule has 1 aliphatic rings. The Morgan fingerprint density at radius 1 is 1.35 bits per heavy atom. The van der Waals surface area contributed by atoms with Gasteiger partial charge in [-0.15, -0.1) is 0 Å². The molecule has 1 amide bonds. The maximum atomic E-state index is 11.7. The molecule has 0 spiro atoms. The van der Waals surface area contributed by atoms with Crippen LogP contribution in [-0.2, 0) is 9.53 Å². The van der Waals surface area contributed by atoms with E-state index < -0.39 is 5.54 Å². The molecule has 0 unspecified atom stereocenters. The van der Waals surface area contributed by atoms with Crippen LogP contribution >= 0.6 is 0 Å². The van der Waals surface area contributed by atoms with Gasteiger partial charge in [-0.2, -0.15) is 5.26 Å². The minimum absolute atomic E-state index is 0.0351. The number of hydrogen-bond donors (Lipinski definition) is 1. The summed E-state index contributed by atoms with van der Waals surface area (Å²) < 4.78 is 5.24. The first-order valence-corrected chi connectivity index (χ1v) is 6.42. The molecule has 1 rings (SSSR count). The lowest BCUT2D eigenvalue weighted by molar-refractivity contribution is -0.128. The summed E-state index contributed by atoms with van der Waals surface area (Å²) in [6.07, 6.45) is 5.89. The Bertz CT molecular complexity index is 286. The van der Waals surface area contributed by atoms with Crippen LogP contribution in [-0.4, -0.2) is 24.2 Å². The van der Waals surface area contributed by atoms with Crippen LogP contribution in [0.15, 0.2) is 0 Å². The van der Waals surface area contributed by atoms with Gasteiger partial charge in [-0.1, -0.05) is 25.7 Å². The molecule has 1 saturated carbocycles. The number of carbonyl (C=O) groups excluding carboxylic acids is 1. The van der Waals surface area contributed by atoms with E-state index in [4.69, 9.17) is 4.74 Å². The number of carbonyl (C=O) groups is 1. The van der Waals surface area contributed by atoms with Crippen LogP contribution in [0.5, 0.6) is 0 Å². The summed E-state index contributed by atoms with van der Waals surface area (Å²) in [4.78, 5) is 11.7. The zero-order chi connectivity index (χ0) is 12.7. The zero-order valence-electron chi connectivity index (χ0n) is 10.8. The Balaban J connectivity index is 2.50. The van der Waals surface area contributed by atoms with Crippen molar-refractivity contribution in [3.05, 3.63) is 0 Å². The van der Waals surface area contributed by atoms with Gasteiger partial charge in [0.25, 0.3) is 0 Å². The third-order valence-corrected chi connectivity index (χ3v) is 3.10. The van der Waals surface area contributed by atoms with E-state index in [1.807, 2.05) is 13.8 Å². The number of hydrogen-bond acceptors (Lipinski definition) is 3. The zero-order valence-corrected chi connectivity index (χ0v) is 10.8. The van der Waals surface area contributed by atoms with Crippen LogP contribution < -0.4 is 5.32 Å². The van der Waals surface area contributed by atoms with Crippen molar-refractivity contribution >= 4 is 5.91 Å². The van der Waals surface area contributed by atoms with E-state index in [0.29, 0.717) is 0 Å². The van der Waals surface area contributed by atoms with Crippen LogP contribution in [0.3, 0.4) is 0 Å². The smallest absolute Gasteiger partial charge is 0.247 e. The van der Waals surface area contributed by atoms with Gasteiger partial charge in [0.15, 0.2) is 0 Å². The van der Waals surface area contributed by atoms with Crippen molar-refractivity contribution in [1.29, 1.82) is 5.26 Å². The molecule has 0 heterocycles. The van der Waals surface area contributed by atoms with Gasteiger partial charge in [-0.3, -0.25) is 4.79 Å². The number of nitrogens with one attached hydrogen (secondary N) is 1. The van der Waals surface area contributed by atoms with E-state index in [0.717, 1.165) is 38.5 Å². The van der Waals surface area contributed by atoms with Crippen molar-refractivity contribution in [1.82, 2.24) is 5.32 Å². The molecule has 0 radical (unpaired) electrons. The van der Waals surface area contributed by atoms with E-state index in [1.165, 1.54) is 0 Å². The van der Waals surface area contributed by atoms with Gasteiger partial charge < -0.3 is 10.1 Å². The van der Waals surface area contributed by atoms with Gasteiger partial charge in [0.2, 0.25) is 5.91 Å². The Morgan fingerprint density at radius 3 is 2.41 bits per heavy atom. The minimum atomic E-state index is -0.659. The van der Waals surface area contributed by atoms with Crippen molar-refractivity contribution in [3.63, 3.8) is 0 Å². The predicted molar refractivity (Wildman–Crippen MR) is 65.3 cm³/mol. The lowest BCUT2D eigenvalue weighted by Gasteiger charge is -2.26. The first-order chi connectivity index (χ1) is 8.08. The molecule has 4 nitrogen and oxygen atoms in total. The first kappa shape index (κ1) is 14.0. The summed E-state index contributed by atoms with van der Waals surface area (Å²) in [5.41, 5.74) is -0.659. The molecule has 0 aliphatic heterocycles. The molecule has 1 fully saturated rings. The minimum Gasteiger partial charge on any atom is -0.369 e. The average molecular weight is 238 g/mol. The number of ether oxygens (including phenoxy) is 1. The van der Waals surface area contributed by atoms with Crippen molar-refractivity contribution < 1.29 is 9.53 Å². The summed E-state index contributed by atoms with van der Waals surface area (Å²) in [5.74, 6) is -0.179. The number of amides is 1. The lowest BCUT2D eigenvalue weighted by Crippen LogP contribution is -2.48. The SMILES string of the molecule is CC(C)OCC(=O)NC1(C#N)CCCCCC1. The Labute approximate surface area is 103 Å². The molecule has 0 aromatic carbocycles. The van der Waals surface area contributed by atoms with Crippen molar-refractivity contribution in [3.8, 4) is 6.07 Å².